The molecule has 0 radical (unpaired) electrons. The van der Waals surface area contributed by atoms with Gasteiger partial charge in [0.1, 0.15) is 23.0 Å². The van der Waals surface area contributed by atoms with Gasteiger partial charge in [0.25, 0.3) is 0 Å². The van der Waals surface area contributed by atoms with E-state index in [-0.39, 0.29) is 11.8 Å². The number of nitriles is 1. The Morgan fingerprint density at radius 3 is 2.40 bits per heavy atom. The summed E-state index contributed by atoms with van der Waals surface area (Å²) in [6.45, 7) is 3.33. The Hall–Kier alpha value is -5.08. The zero-order valence-corrected chi connectivity index (χ0v) is 23.9. The van der Waals surface area contributed by atoms with Gasteiger partial charge in [-0.05, 0) is 31.8 Å². The number of amides is 1. The number of nitrogens with zero attached hydrogens (tertiary/aromatic N) is 10. The molecular weight excluding hydrogens is 528 g/mol. The number of likely N-dealkylation sites (N-methyl/N-ethyl adjacent to an activating group) is 1. The second-order valence-electron chi connectivity index (χ2n) is 10.8. The van der Waals surface area contributed by atoms with Crippen molar-refractivity contribution in [3.05, 3.63) is 84.6 Å². The van der Waals surface area contributed by atoms with E-state index in [1.807, 2.05) is 74.7 Å². The smallest absolute Gasteiger partial charge is 0.231 e. The number of rotatable bonds is 7. The number of hydrogen-bond acceptors (Lipinski definition) is 8. The molecule has 1 aliphatic rings. The summed E-state index contributed by atoms with van der Waals surface area (Å²) in [6.07, 6.45) is 8.79. The molecule has 11 heteroatoms. The molecule has 1 aromatic carbocycles. The van der Waals surface area contributed by atoms with E-state index in [0.29, 0.717) is 55.2 Å². The number of piperazine rings is 1. The Morgan fingerprint density at radius 2 is 1.76 bits per heavy atom. The van der Waals surface area contributed by atoms with Gasteiger partial charge in [-0.25, -0.2) is 14.5 Å². The van der Waals surface area contributed by atoms with Crippen LogP contribution in [-0.4, -0.2) is 91.9 Å². The maximum absolute atomic E-state index is 13.6. The summed E-state index contributed by atoms with van der Waals surface area (Å²) in [5.74, 6) is 0.807. The zero-order chi connectivity index (χ0) is 29.2. The lowest BCUT2D eigenvalue weighted by atomic mass is 9.96. The van der Waals surface area contributed by atoms with E-state index in [1.165, 1.54) is 0 Å². The molecule has 1 unspecified atom stereocenters. The molecule has 1 atom stereocenters. The van der Waals surface area contributed by atoms with E-state index < -0.39 is 0 Å². The van der Waals surface area contributed by atoms with Crippen molar-refractivity contribution in [2.75, 3.05) is 51.7 Å². The van der Waals surface area contributed by atoms with Crippen LogP contribution in [0, 0.1) is 11.3 Å². The van der Waals surface area contributed by atoms with Crippen molar-refractivity contribution in [2.45, 2.75) is 5.92 Å². The van der Waals surface area contributed by atoms with Crippen molar-refractivity contribution in [3.8, 4) is 28.6 Å². The number of carbonyl (C=O) groups is 1. The fourth-order valence-corrected chi connectivity index (χ4v) is 5.46. The van der Waals surface area contributed by atoms with Crippen LogP contribution in [0.1, 0.15) is 17.0 Å². The predicted molar refractivity (Wildman–Crippen MR) is 160 cm³/mol. The Balaban J connectivity index is 1.21. The fourth-order valence-electron chi connectivity index (χ4n) is 5.46. The molecule has 5 aromatic rings. The van der Waals surface area contributed by atoms with Gasteiger partial charge in [-0.3, -0.25) is 9.48 Å². The van der Waals surface area contributed by atoms with Crippen LogP contribution in [0.2, 0.25) is 0 Å². The Bertz CT molecular complexity index is 1740. The molecule has 4 aromatic heterocycles. The highest BCUT2D eigenvalue weighted by Gasteiger charge is 2.29. The highest BCUT2D eigenvalue weighted by atomic mass is 16.2. The van der Waals surface area contributed by atoms with Gasteiger partial charge in [0.2, 0.25) is 5.91 Å². The Morgan fingerprint density at radius 1 is 0.976 bits per heavy atom. The first-order chi connectivity index (χ1) is 20.4. The van der Waals surface area contributed by atoms with Crippen LogP contribution in [0.5, 0.6) is 0 Å². The maximum atomic E-state index is 13.6. The minimum atomic E-state index is -0.196. The highest BCUT2D eigenvalue weighted by Crippen LogP contribution is 2.29. The van der Waals surface area contributed by atoms with Gasteiger partial charge in [0, 0.05) is 63.3 Å². The SMILES string of the molecule is CN(C)CC(C(=O)N1CCN(c2ccc(-c3nc(-c4cnn(C)c4)cn4ncc(C#N)c34)cn2)CC1)c1ccccc1. The topological polar surface area (TPSA) is 111 Å². The highest BCUT2D eigenvalue weighted by molar-refractivity contribution is 5.85. The summed E-state index contributed by atoms with van der Waals surface area (Å²) in [5.41, 5.74) is 5.10. The monoisotopic (exact) mass is 560 g/mol. The minimum absolute atomic E-state index is 0.163. The van der Waals surface area contributed by atoms with E-state index in [4.69, 9.17) is 9.97 Å². The van der Waals surface area contributed by atoms with E-state index in [0.717, 1.165) is 22.5 Å². The van der Waals surface area contributed by atoms with E-state index >= 15 is 0 Å². The molecule has 0 spiro atoms. The molecule has 1 fully saturated rings. The molecular formula is C31H32N10O. The van der Waals surface area contributed by atoms with Gasteiger partial charge in [0.15, 0.2) is 0 Å². The number of aromatic nitrogens is 6. The van der Waals surface area contributed by atoms with Gasteiger partial charge >= 0.3 is 0 Å². The third-order valence-corrected chi connectivity index (χ3v) is 7.60. The third kappa shape index (κ3) is 5.32. The molecule has 1 aliphatic heterocycles. The van der Waals surface area contributed by atoms with Crippen molar-refractivity contribution < 1.29 is 4.79 Å². The van der Waals surface area contributed by atoms with Crippen LogP contribution < -0.4 is 4.90 Å². The lowest BCUT2D eigenvalue weighted by molar-refractivity contribution is -0.133. The normalized spacial score (nSPS) is 14.4. The Labute approximate surface area is 244 Å². The van der Waals surface area contributed by atoms with Crippen molar-refractivity contribution in [3.63, 3.8) is 0 Å². The number of benzene rings is 1. The maximum Gasteiger partial charge on any atom is 0.231 e. The molecule has 11 nitrogen and oxygen atoms in total. The standard InChI is InChI=1S/C31H32N10O/c1-37(2)20-26(22-7-5-4-6-8-22)31(42)40-13-11-39(12-14-40)28-10-9-23(16-33-28)29-30-24(15-32)17-35-41(30)21-27(36-29)25-18-34-38(3)19-25/h4-10,16-19,21,26H,11-14,20H2,1-3H3. The van der Waals surface area contributed by atoms with Gasteiger partial charge in [-0.15, -0.1) is 0 Å². The molecule has 1 saturated heterocycles. The summed E-state index contributed by atoms with van der Waals surface area (Å²) in [6, 6.07) is 16.2. The second-order valence-corrected chi connectivity index (χ2v) is 10.8. The van der Waals surface area contributed by atoms with E-state index in [1.54, 1.807) is 34.0 Å². The number of anilines is 1. The largest absolute Gasteiger partial charge is 0.353 e. The first-order valence-corrected chi connectivity index (χ1v) is 13.9. The summed E-state index contributed by atoms with van der Waals surface area (Å²) in [4.78, 5) is 29.5. The predicted octanol–water partition coefficient (Wildman–Crippen LogP) is 3.06. The quantitative estimate of drug-likeness (QED) is 0.299. The summed E-state index contributed by atoms with van der Waals surface area (Å²) >= 11 is 0. The van der Waals surface area contributed by atoms with Crippen molar-refractivity contribution in [1.29, 1.82) is 5.26 Å². The van der Waals surface area contributed by atoms with Gasteiger partial charge in [-0.2, -0.15) is 15.5 Å². The molecule has 0 aliphatic carbocycles. The van der Waals surface area contributed by atoms with Crippen LogP contribution in [0.25, 0.3) is 28.0 Å². The zero-order valence-electron chi connectivity index (χ0n) is 23.9. The molecule has 0 saturated carbocycles. The Kier molecular flexibility index (Phi) is 7.37. The van der Waals surface area contributed by atoms with E-state index in [9.17, 15) is 10.1 Å². The first kappa shape index (κ1) is 27.1. The fraction of sp³-hybridized carbons (Fsp3) is 0.290. The molecule has 0 N–H and O–H groups in total. The number of fused-ring (bicyclic) bond motifs is 1. The van der Waals surface area contributed by atoms with Crippen LogP contribution >= 0.6 is 0 Å². The van der Waals surface area contributed by atoms with Crippen molar-refractivity contribution in [2.24, 2.45) is 7.05 Å². The van der Waals surface area contributed by atoms with Gasteiger partial charge in [0.05, 0.1) is 35.9 Å². The summed E-state index contributed by atoms with van der Waals surface area (Å²) in [5, 5.41) is 18.4. The lowest BCUT2D eigenvalue weighted by Crippen LogP contribution is -2.51. The lowest BCUT2D eigenvalue weighted by Gasteiger charge is -2.37. The molecule has 6 rings (SSSR count). The van der Waals surface area contributed by atoms with Crippen LogP contribution in [0.3, 0.4) is 0 Å². The first-order valence-electron chi connectivity index (χ1n) is 13.9. The number of pyridine rings is 1. The third-order valence-electron chi connectivity index (χ3n) is 7.60. The van der Waals surface area contributed by atoms with E-state index in [2.05, 4.69) is 26.1 Å². The van der Waals surface area contributed by atoms with Crippen molar-refractivity contribution >= 4 is 17.2 Å². The molecule has 42 heavy (non-hydrogen) atoms. The van der Waals surface area contributed by atoms with Gasteiger partial charge < -0.3 is 14.7 Å². The molecule has 0 bridgehead atoms. The number of carbonyl (C=O) groups excluding carboxylic acids is 1. The minimum Gasteiger partial charge on any atom is -0.353 e. The molecule has 212 valence electrons. The van der Waals surface area contributed by atoms with Crippen LogP contribution in [0.15, 0.2) is 73.4 Å². The summed E-state index contributed by atoms with van der Waals surface area (Å²) < 4.78 is 3.41. The average molecular weight is 561 g/mol. The summed E-state index contributed by atoms with van der Waals surface area (Å²) in [7, 11) is 5.86. The average Bonchev–Trinajstić information content (AvgIpc) is 3.65. The molecule has 1 amide bonds. The molecule has 5 heterocycles. The number of hydrogen-bond donors (Lipinski definition) is 0. The second kappa shape index (κ2) is 11.4. The number of aryl methyl sites for hydroxylation is 1. The van der Waals surface area contributed by atoms with Crippen LogP contribution in [0.4, 0.5) is 5.82 Å². The van der Waals surface area contributed by atoms with Crippen molar-refractivity contribution in [1.82, 2.24) is 39.2 Å². The van der Waals surface area contributed by atoms with Crippen LogP contribution in [-0.2, 0) is 11.8 Å². The van der Waals surface area contributed by atoms with Gasteiger partial charge in [-0.1, -0.05) is 30.3 Å².